The lowest BCUT2D eigenvalue weighted by Crippen LogP contribution is -2.24. The second-order valence-electron chi connectivity index (χ2n) is 6.18. The molecular weight excluding hydrogens is 364 g/mol. The summed E-state index contributed by atoms with van der Waals surface area (Å²) in [5, 5.41) is 7.74. The van der Waals surface area contributed by atoms with Crippen LogP contribution in [0.15, 0.2) is 66.0 Å². The molecule has 28 heavy (non-hydrogen) atoms. The van der Waals surface area contributed by atoms with Crippen molar-refractivity contribution >= 4 is 17.2 Å². The van der Waals surface area contributed by atoms with Crippen LogP contribution in [0.2, 0.25) is 0 Å². The molecule has 2 heterocycles. The highest BCUT2D eigenvalue weighted by Gasteiger charge is 2.37. The molecule has 0 aliphatic rings. The summed E-state index contributed by atoms with van der Waals surface area (Å²) in [4.78, 5) is 18.3. The van der Waals surface area contributed by atoms with Crippen LogP contribution in [0.3, 0.4) is 0 Å². The molecule has 0 saturated heterocycles. The maximum Gasteiger partial charge on any atom is 0.330 e. The summed E-state index contributed by atoms with van der Waals surface area (Å²) >= 11 is 0. The molecule has 4 rings (SSSR count). The van der Waals surface area contributed by atoms with Gasteiger partial charge in [0.25, 0.3) is 0 Å². The highest BCUT2D eigenvalue weighted by Crippen LogP contribution is 2.33. The van der Waals surface area contributed by atoms with E-state index in [4.69, 9.17) is 0 Å². The Morgan fingerprint density at radius 2 is 1.82 bits per heavy atom. The SMILES string of the molecule is C=Cc1ccccc1Cn1nnc2c(=O)nc(C(F)(F)c3ccccc3)[nH]c21. The van der Waals surface area contributed by atoms with Crippen molar-refractivity contribution in [1.29, 1.82) is 0 Å². The highest BCUT2D eigenvalue weighted by atomic mass is 19.3. The van der Waals surface area contributed by atoms with E-state index in [2.05, 4.69) is 26.9 Å². The smallest absolute Gasteiger partial charge is 0.321 e. The van der Waals surface area contributed by atoms with E-state index in [1.165, 1.54) is 28.9 Å². The topological polar surface area (TPSA) is 76.5 Å². The lowest BCUT2D eigenvalue weighted by molar-refractivity contribution is 0.0329. The first-order valence-electron chi connectivity index (χ1n) is 8.48. The molecule has 6 nitrogen and oxygen atoms in total. The fourth-order valence-corrected chi connectivity index (χ4v) is 2.96. The quantitative estimate of drug-likeness (QED) is 0.577. The number of rotatable bonds is 5. The normalized spacial score (nSPS) is 11.6. The van der Waals surface area contributed by atoms with Gasteiger partial charge in [-0.05, 0) is 11.1 Å². The van der Waals surface area contributed by atoms with Crippen molar-refractivity contribution in [2.24, 2.45) is 0 Å². The van der Waals surface area contributed by atoms with Gasteiger partial charge in [0, 0.05) is 5.56 Å². The number of alkyl halides is 2. The predicted molar refractivity (Wildman–Crippen MR) is 101 cm³/mol. The number of hydrogen-bond donors (Lipinski definition) is 1. The van der Waals surface area contributed by atoms with Crippen LogP contribution in [0.4, 0.5) is 8.78 Å². The minimum Gasteiger partial charge on any atom is -0.321 e. The predicted octanol–water partition coefficient (Wildman–Crippen LogP) is 3.35. The van der Waals surface area contributed by atoms with Crippen LogP contribution >= 0.6 is 0 Å². The standard InChI is InChI=1S/C20H15F2N5O/c1-2-13-8-6-7-9-14(13)12-27-17-16(25-26-27)18(28)24-19(23-17)20(21,22)15-10-4-3-5-11-15/h2-11H,1,12H2,(H,23,24,28). The van der Waals surface area contributed by atoms with Gasteiger partial charge in [0.05, 0.1) is 6.54 Å². The molecule has 0 radical (unpaired) electrons. The van der Waals surface area contributed by atoms with Gasteiger partial charge in [-0.2, -0.15) is 13.8 Å². The van der Waals surface area contributed by atoms with E-state index in [0.29, 0.717) is 0 Å². The summed E-state index contributed by atoms with van der Waals surface area (Å²) in [5.74, 6) is -4.22. The average Bonchev–Trinajstić information content (AvgIpc) is 3.12. The largest absolute Gasteiger partial charge is 0.330 e. The molecular formula is C20H15F2N5O. The van der Waals surface area contributed by atoms with E-state index in [1.54, 1.807) is 12.1 Å². The number of hydrogen-bond acceptors (Lipinski definition) is 4. The third kappa shape index (κ3) is 2.98. The zero-order valence-electron chi connectivity index (χ0n) is 14.6. The van der Waals surface area contributed by atoms with E-state index in [9.17, 15) is 13.6 Å². The van der Waals surface area contributed by atoms with E-state index in [1.807, 2.05) is 24.3 Å². The Morgan fingerprint density at radius 1 is 1.11 bits per heavy atom. The first kappa shape index (κ1) is 17.7. The molecule has 0 aliphatic heterocycles. The Balaban J connectivity index is 1.83. The van der Waals surface area contributed by atoms with Crippen molar-refractivity contribution in [2.45, 2.75) is 12.5 Å². The van der Waals surface area contributed by atoms with Crippen molar-refractivity contribution in [3.63, 3.8) is 0 Å². The molecule has 2 aromatic heterocycles. The number of aromatic nitrogens is 5. The van der Waals surface area contributed by atoms with Gasteiger partial charge in [-0.15, -0.1) is 5.10 Å². The van der Waals surface area contributed by atoms with Crippen molar-refractivity contribution in [3.05, 3.63) is 94.0 Å². The summed E-state index contributed by atoms with van der Waals surface area (Å²) in [6.07, 6.45) is 1.69. The van der Waals surface area contributed by atoms with Crippen LogP contribution in [0, 0.1) is 0 Å². The third-order valence-electron chi connectivity index (χ3n) is 4.42. The molecule has 0 aliphatic carbocycles. The monoisotopic (exact) mass is 379 g/mol. The summed E-state index contributed by atoms with van der Waals surface area (Å²) < 4.78 is 31.1. The van der Waals surface area contributed by atoms with Crippen LogP contribution < -0.4 is 5.56 Å². The zero-order chi connectivity index (χ0) is 19.7. The average molecular weight is 379 g/mol. The Bertz CT molecular complexity index is 1210. The van der Waals surface area contributed by atoms with Crippen molar-refractivity contribution < 1.29 is 8.78 Å². The van der Waals surface area contributed by atoms with E-state index >= 15 is 0 Å². The fourth-order valence-electron chi connectivity index (χ4n) is 2.96. The third-order valence-corrected chi connectivity index (χ3v) is 4.42. The Morgan fingerprint density at radius 3 is 2.57 bits per heavy atom. The van der Waals surface area contributed by atoms with Crippen LogP contribution in [-0.2, 0) is 12.5 Å². The van der Waals surface area contributed by atoms with Gasteiger partial charge in [0.1, 0.15) is 0 Å². The van der Waals surface area contributed by atoms with E-state index in [0.717, 1.165) is 11.1 Å². The van der Waals surface area contributed by atoms with Crippen LogP contribution in [0.1, 0.15) is 22.5 Å². The molecule has 0 saturated carbocycles. The molecule has 0 atom stereocenters. The molecule has 0 amide bonds. The fraction of sp³-hybridized carbons (Fsp3) is 0.100. The second kappa shape index (κ2) is 6.80. The van der Waals surface area contributed by atoms with Crippen molar-refractivity contribution in [2.75, 3.05) is 0 Å². The molecule has 0 bridgehead atoms. The van der Waals surface area contributed by atoms with Gasteiger partial charge >= 0.3 is 11.5 Å². The van der Waals surface area contributed by atoms with Gasteiger partial charge in [0.15, 0.2) is 17.0 Å². The molecule has 4 aromatic rings. The summed E-state index contributed by atoms with van der Waals surface area (Å²) in [5.41, 5.74) is 0.597. The Labute approximate surface area is 158 Å². The minimum atomic E-state index is -3.47. The number of aromatic amines is 1. The van der Waals surface area contributed by atoms with Crippen molar-refractivity contribution in [1.82, 2.24) is 25.0 Å². The minimum absolute atomic E-state index is 0.0875. The maximum absolute atomic E-state index is 14.9. The van der Waals surface area contributed by atoms with Gasteiger partial charge in [-0.3, -0.25) is 4.79 Å². The molecule has 140 valence electrons. The number of halogens is 2. The molecule has 0 spiro atoms. The molecule has 0 unspecified atom stereocenters. The van der Waals surface area contributed by atoms with Gasteiger partial charge in [-0.25, -0.2) is 4.68 Å². The Kier molecular flexibility index (Phi) is 4.31. The maximum atomic E-state index is 14.9. The summed E-state index contributed by atoms with van der Waals surface area (Å²) in [6.45, 7) is 4.00. The number of nitrogens with one attached hydrogen (secondary N) is 1. The van der Waals surface area contributed by atoms with Crippen LogP contribution in [0.5, 0.6) is 0 Å². The first-order chi connectivity index (χ1) is 13.5. The molecule has 8 heteroatoms. The number of H-pyrrole nitrogens is 1. The van der Waals surface area contributed by atoms with Gasteiger partial charge < -0.3 is 4.98 Å². The van der Waals surface area contributed by atoms with Gasteiger partial charge in [-0.1, -0.05) is 72.5 Å². The lowest BCUT2D eigenvalue weighted by Gasteiger charge is -2.15. The molecule has 0 fully saturated rings. The molecule has 1 N–H and O–H groups in total. The zero-order valence-corrected chi connectivity index (χ0v) is 14.6. The number of benzene rings is 2. The number of nitrogens with zero attached hydrogens (tertiary/aromatic N) is 4. The van der Waals surface area contributed by atoms with Crippen LogP contribution in [0.25, 0.3) is 17.2 Å². The first-order valence-corrected chi connectivity index (χ1v) is 8.48. The van der Waals surface area contributed by atoms with E-state index in [-0.39, 0.29) is 23.3 Å². The number of fused-ring (bicyclic) bond motifs is 1. The van der Waals surface area contributed by atoms with E-state index < -0.39 is 17.3 Å². The van der Waals surface area contributed by atoms with Gasteiger partial charge in [0.2, 0.25) is 0 Å². The second-order valence-corrected chi connectivity index (χ2v) is 6.18. The highest BCUT2D eigenvalue weighted by molar-refractivity contribution is 5.68. The van der Waals surface area contributed by atoms with Crippen molar-refractivity contribution in [3.8, 4) is 0 Å². The van der Waals surface area contributed by atoms with Crippen LogP contribution in [-0.4, -0.2) is 25.0 Å². The molecule has 2 aromatic carbocycles. The summed E-state index contributed by atoms with van der Waals surface area (Å²) in [7, 11) is 0. The Hall–Kier alpha value is -3.68. The summed E-state index contributed by atoms with van der Waals surface area (Å²) in [6, 6.07) is 14.6. The lowest BCUT2D eigenvalue weighted by atomic mass is 10.1.